The minimum absolute atomic E-state index is 0. The molecule has 0 fully saturated rings. The highest BCUT2D eigenvalue weighted by Gasteiger charge is 2.10. The van der Waals surface area contributed by atoms with Gasteiger partial charge in [-0.15, -0.1) is 17.0 Å². The van der Waals surface area contributed by atoms with Gasteiger partial charge in [-0.3, -0.25) is 0 Å². The first-order chi connectivity index (χ1) is 20.2. The van der Waals surface area contributed by atoms with E-state index in [2.05, 4.69) is 32.8 Å². The summed E-state index contributed by atoms with van der Waals surface area (Å²) in [5.41, 5.74) is 0. The third kappa shape index (κ3) is 36.6. The molecule has 0 bridgehead atoms. The van der Waals surface area contributed by atoms with Crippen LogP contribution in [0.25, 0.3) is 0 Å². The first kappa shape index (κ1) is 44.6. The smallest absolute Gasteiger partial charge is 0.00891 e. The van der Waals surface area contributed by atoms with Gasteiger partial charge in [0, 0.05) is 6.04 Å². The summed E-state index contributed by atoms with van der Waals surface area (Å²) in [4.78, 5) is 2.51. The zero-order valence-electron chi connectivity index (χ0n) is 30.2. The van der Waals surface area contributed by atoms with Crippen LogP contribution in [0.4, 0.5) is 0 Å². The fraction of sp³-hybridized carbons (Fsp3) is 1.00. The lowest BCUT2D eigenvalue weighted by Gasteiger charge is -2.24. The predicted molar refractivity (Wildman–Crippen MR) is 201 cm³/mol. The fourth-order valence-corrected chi connectivity index (χ4v) is 6.69. The minimum atomic E-state index is 0. The molecule has 1 unspecified atom stereocenters. The molecule has 0 aliphatic rings. The van der Waals surface area contributed by atoms with Gasteiger partial charge in [0.2, 0.25) is 0 Å². The maximum atomic E-state index is 2.51. The van der Waals surface area contributed by atoms with E-state index in [0.29, 0.717) is 0 Å². The molecule has 0 saturated carbocycles. The molecule has 1 atom stereocenters. The summed E-state index contributed by atoms with van der Waals surface area (Å²) in [6.45, 7) is 4.62. The molecule has 0 aromatic heterocycles. The van der Waals surface area contributed by atoms with Crippen LogP contribution in [0.3, 0.4) is 0 Å². The van der Waals surface area contributed by atoms with Crippen LogP contribution in [0.15, 0.2) is 0 Å². The monoisotopic (exact) mass is 658 g/mol. The summed E-state index contributed by atoms with van der Waals surface area (Å²) in [6.07, 6.45) is 51.3. The summed E-state index contributed by atoms with van der Waals surface area (Å²) in [7, 11) is 4.62. The lowest BCUT2D eigenvalue weighted by atomic mass is 9.99. The Hall–Kier alpha value is 0.440. The first-order valence-corrected chi connectivity index (χ1v) is 19.9. The molecular weight excluding hydrogens is 574 g/mol. The predicted octanol–water partition coefficient (Wildman–Crippen LogP) is 15.2. The molecule has 0 aromatic rings. The maximum Gasteiger partial charge on any atom is 0.00891 e. The number of unbranched alkanes of at least 4 members (excludes halogenated alkanes) is 31. The normalized spacial score (nSPS) is 12.2. The van der Waals surface area contributed by atoms with Crippen molar-refractivity contribution in [3.05, 3.63) is 0 Å². The van der Waals surface area contributed by atoms with E-state index in [0.717, 1.165) is 6.04 Å². The molecule has 0 spiro atoms. The van der Waals surface area contributed by atoms with Crippen LogP contribution >= 0.6 is 17.0 Å². The molecule has 42 heavy (non-hydrogen) atoms. The van der Waals surface area contributed by atoms with Gasteiger partial charge in [-0.05, 0) is 26.9 Å². The van der Waals surface area contributed by atoms with Gasteiger partial charge in [0.1, 0.15) is 0 Å². The summed E-state index contributed by atoms with van der Waals surface area (Å²) < 4.78 is 0. The maximum absolute atomic E-state index is 2.51. The minimum Gasteiger partial charge on any atom is -0.306 e. The van der Waals surface area contributed by atoms with Crippen LogP contribution in [-0.4, -0.2) is 25.0 Å². The lowest BCUT2D eigenvalue weighted by Crippen LogP contribution is -2.27. The van der Waals surface area contributed by atoms with Gasteiger partial charge < -0.3 is 4.90 Å². The Morgan fingerprint density at radius 2 is 0.452 bits per heavy atom. The Balaban J connectivity index is 0. The summed E-state index contributed by atoms with van der Waals surface area (Å²) in [5.74, 6) is 0. The number of rotatable bonds is 36. The third-order valence-corrected chi connectivity index (χ3v) is 9.76. The molecule has 1 nitrogen and oxygen atoms in total. The highest BCUT2D eigenvalue weighted by molar-refractivity contribution is 8.93. The van der Waals surface area contributed by atoms with Crippen molar-refractivity contribution in [1.29, 1.82) is 0 Å². The molecule has 0 radical (unpaired) electrons. The molecule has 0 saturated heterocycles. The Labute approximate surface area is 279 Å². The van der Waals surface area contributed by atoms with Crippen LogP contribution in [0.2, 0.25) is 0 Å². The van der Waals surface area contributed by atoms with E-state index in [1.165, 1.54) is 225 Å². The fourth-order valence-electron chi connectivity index (χ4n) is 6.69. The molecule has 2 heteroatoms. The second-order valence-electron chi connectivity index (χ2n) is 14.2. The molecule has 0 aliphatic carbocycles. The quantitative estimate of drug-likeness (QED) is 0.0606. The van der Waals surface area contributed by atoms with Gasteiger partial charge >= 0.3 is 0 Å². The second-order valence-corrected chi connectivity index (χ2v) is 14.2. The van der Waals surface area contributed by atoms with Crippen molar-refractivity contribution in [3.63, 3.8) is 0 Å². The topological polar surface area (TPSA) is 3.24 Å². The van der Waals surface area contributed by atoms with Crippen molar-refractivity contribution in [1.82, 2.24) is 4.90 Å². The molecule has 0 heterocycles. The number of nitrogens with zero attached hydrogens (tertiary/aromatic N) is 1. The first-order valence-electron chi connectivity index (χ1n) is 19.9. The molecule has 0 amide bonds. The summed E-state index contributed by atoms with van der Waals surface area (Å²) >= 11 is 0. The SMILES string of the molecule is Br.CCCCCCCCCCCCCCCCCCCCC(CCCCCCCCCCCCCCCCC)N(C)C. The lowest BCUT2D eigenvalue weighted by molar-refractivity contribution is 0.251. The van der Waals surface area contributed by atoms with Crippen LogP contribution < -0.4 is 0 Å². The zero-order chi connectivity index (χ0) is 29.9. The van der Waals surface area contributed by atoms with E-state index in [9.17, 15) is 0 Å². The number of hydrogen-bond donors (Lipinski definition) is 0. The van der Waals surface area contributed by atoms with Gasteiger partial charge in [-0.25, -0.2) is 0 Å². The second kappa shape index (κ2) is 39.5. The largest absolute Gasteiger partial charge is 0.306 e. The average molecular weight is 659 g/mol. The highest BCUT2D eigenvalue weighted by Crippen LogP contribution is 2.19. The molecule has 256 valence electrons. The Kier molecular flexibility index (Phi) is 41.9. The number of halogens is 1. The van der Waals surface area contributed by atoms with Crippen molar-refractivity contribution in [2.24, 2.45) is 0 Å². The van der Waals surface area contributed by atoms with E-state index in [1.54, 1.807) is 0 Å². The van der Waals surface area contributed by atoms with E-state index in [1.807, 2.05) is 0 Å². The molecular formula is C40H84BrN. The van der Waals surface area contributed by atoms with Gasteiger partial charge in [0.25, 0.3) is 0 Å². The van der Waals surface area contributed by atoms with Crippen LogP contribution in [-0.2, 0) is 0 Å². The van der Waals surface area contributed by atoms with Gasteiger partial charge in [-0.2, -0.15) is 0 Å². The van der Waals surface area contributed by atoms with Crippen molar-refractivity contribution in [2.75, 3.05) is 14.1 Å². The van der Waals surface area contributed by atoms with Crippen molar-refractivity contribution in [3.8, 4) is 0 Å². The van der Waals surface area contributed by atoms with Gasteiger partial charge in [0.15, 0.2) is 0 Å². The Morgan fingerprint density at radius 3 is 0.619 bits per heavy atom. The van der Waals surface area contributed by atoms with Crippen LogP contribution in [0.5, 0.6) is 0 Å². The number of hydrogen-bond acceptors (Lipinski definition) is 1. The third-order valence-electron chi connectivity index (χ3n) is 9.76. The van der Waals surface area contributed by atoms with E-state index in [4.69, 9.17) is 0 Å². The van der Waals surface area contributed by atoms with Gasteiger partial charge in [0.05, 0.1) is 0 Å². The van der Waals surface area contributed by atoms with Crippen LogP contribution in [0, 0.1) is 0 Å². The molecule has 0 aliphatic heterocycles. The Bertz CT molecular complexity index is 451. The summed E-state index contributed by atoms with van der Waals surface area (Å²) in [5, 5.41) is 0. The molecule has 0 N–H and O–H groups in total. The van der Waals surface area contributed by atoms with E-state index >= 15 is 0 Å². The standard InChI is InChI=1S/C40H83N.BrH/c1-5-7-9-11-13-15-17-19-21-22-23-25-27-29-31-33-35-37-39-40(41(3)4)38-36-34-32-30-28-26-24-20-18-16-14-12-10-8-6-2;/h40H,5-39H2,1-4H3;1H. The highest BCUT2D eigenvalue weighted by atomic mass is 79.9. The Morgan fingerprint density at radius 1 is 0.286 bits per heavy atom. The van der Waals surface area contributed by atoms with E-state index < -0.39 is 0 Å². The van der Waals surface area contributed by atoms with E-state index in [-0.39, 0.29) is 17.0 Å². The summed E-state index contributed by atoms with van der Waals surface area (Å²) in [6, 6.07) is 0.818. The van der Waals surface area contributed by atoms with Gasteiger partial charge in [-0.1, -0.05) is 226 Å². The van der Waals surface area contributed by atoms with Crippen molar-refractivity contribution in [2.45, 2.75) is 245 Å². The van der Waals surface area contributed by atoms with Crippen molar-refractivity contribution >= 4 is 17.0 Å². The van der Waals surface area contributed by atoms with Crippen molar-refractivity contribution < 1.29 is 0 Å². The molecule has 0 rings (SSSR count). The van der Waals surface area contributed by atoms with Crippen LogP contribution in [0.1, 0.15) is 239 Å². The zero-order valence-corrected chi connectivity index (χ0v) is 31.9. The molecule has 0 aromatic carbocycles. The average Bonchev–Trinajstić information content (AvgIpc) is 2.97.